The SMILES string of the molecule is O=C(O)C(Oc1ccccc1)c1ccc(Cl)cc1Cl. The Bertz CT molecular complexity index is 584. The third kappa shape index (κ3) is 3.40. The number of hydrogen-bond donors (Lipinski definition) is 1. The lowest BCUT2D eigenvalue weighted by Gasteiger charge is -2.16. The van der Waals surface area contributed by atoms with Gasteiger partial charge < -0.3 is 9.84 Å². The average molecular weight is 297 g/mol. The van der Waals surface area contributed by atoms with Crippen molar-refractivity contribution in [1.82, 2.24) is 0 Å². The van der Waals surface area contributed by atoms with E-state index in [4.69, 9.17) is 27.9 Å². The summed E-state index contributed by atoms with van der Waals surface area (Å²) in [6.45, 7) is 0. The highest BCUT2D eigenvalue weighted by molar-refractivity contribution is 6.35. The van der Waals surface area contributed by atoms with Gasteiger partial charge in [-0.15, -0.1) is 0 Å². The first-order valence-electron chi connectivity index (χ1n) is 5.47. The number of carbonyl (C=O) groups is 1. The number of para-hydroxylation sites is 1. The molecule has 0 aliphatic rings. The van der Waals surface area contributed by atoms with E-state index in [1.165, 1.54) is 6.07 Å². The first kappa shape index (κ1) is 13.7. The normalized spacial score (nSPS) is 11.9. The van der Waals surface area contributed by atoms with Crippen molar-refractivity contribution in [2.45, 2.75) is 6.10 Å². The van der Waals surface area contributed by atoms with Gasteiger partial charge in [0.1, 0.15) is 5.75 Å². The van der Waals surface area contributed by atoms with Crippen molar-refractivity contribution in [1.29, 1.82) is 0 Å². The zero-order chi connectivity index (χ0) is 13.8. The first-order chi connectivity index (χ1) is 9.08. The van der Waals surface area contributed by atoms with Crippen LogP contribution in [0.2, 0.25) is 10.0 Å². The summed E-state index contributed by atoms with van der Waals surface area (Å²) < 4.78 is 5.46. The van der Waals surface area contributed by atoms with Crippen LogP contribution in [0.5, 0.6) is 5.75 Å². The smallest absolute Gasteiger partial charge is 0.349 e. The number of aliphatic carboxylic acids is 1. The van der Waals surface area contributed by atoms with Gasteiger partial charge in [0, 0.05) is 15.6 Å². The molecule has 0 aliphatic heterocycles. The molecule has 0 aliphatic carbocycles. The number of ether oxygens (including phenoxy) is 1. The first-order valence-corrected chi connectivity index (χ1v) is 6.23. The Morgan fingerprint density at radius 2 is 1.79 bits per heavy atom. The predicted octanol–water partition coefficient (Wildman–Crippen LogP) is 4.20. The highest BCUT2D eigenvalue weighted by Crippen LogP contribution is 2.29. The monoisotopic (exact) mass is 296 g/mol. The molecule has 0 saturated heterocycles. The van der Waals surface area contributed by atoms with Crippen molar-refractivity contribution in [3.8, 4) is 5.75 Å². The molecule has 19 heavy (non-hydrogen) atoms. The summed E-state index contributed by atoms with van der Waals surface area (Å²) in [6.07, 6.45) is -1.17. The van der Waals surface area contributed by atoms with Crippen LogP contribution in [0.15, 0.2) is 48.5 Å². The Morgan fingerprint density at radius 3 is 2.37 bits per heavy atom. The molecule has 0 spiro atoms. The number of rotatable bonds is 4. The molecule has 98 valence electrons. The predicted molar refractivity (Wildman–Crippen MR) is 73.9 cm³/mol. The average Bonchev–Trinajstić information content (AvgIpc) is 2.38. The van der Waals surface area contributed by atoms with Crippen LogP contribution < -0.4 is 4.74 Å². The maximum absolute atomic E-state index is 11.3. The van der Waals surface area contributed by atoms with Crippen LogP contribution >= 0.6 is 23.2 Å². The Hall–Kier alpha value is -1.71. The Balaban J connectivity index is 2.33. The second-order valence-electron chi connectivity index (χ2n) is 3.82. The Morgan fingerprint density at radius 1 is 1.11 bits per heavy atom. The third-order valence-corrected chi connectivity index (χ3v) is 3.03. The van der Waals surface area contributed by atoms with Gasteiger partial charge in [-0.3, -0.25) is 0 Å². The summed E-state index contributed by atoms with van der Waals surface area (Å²) in [5, 5.41) is 9.97. The van der Waals surface area contributed by atoms with Crippen LogP contribution in [0.4, 0.5) is 0 Å². The fourth-order valence-corrected chi connectivity index (χ4v) is 2.10. The summed E-state index contributed by atoms with van der Waals surface area (Å²) in [5.74, 6) is -0.658. The molecule has 0 fully saturated rings. The van der Waals surface area contributed by atoms with Crippen LogP contribution in [0.25, 0.3) is 0 Å². The molecule has 2 aromatic rings. The molecular formula is C14H10Cl2O3. The number of carboxylic acids is 1. The van der Waals surface area contributed by atoms with Crippen LogP contribution in [0.3, 0.4) is 0 Å². The number of benzene rings is 2. The number of hydrogen-bond acceptors (Lipinski definition) is 2. The molecule has 1 N–H and O–H groups in total. The minimum Gasteiger partial charge on any atom is -0.478 e. The maximum Gasteiger partial charge on any atom is 0.349 e. The molecule has 0 bridgehead atoms. The quantitative estimate of drug-likeness (QED) is 0.920. The highest BCUT2D eigenvalue weighted by Gasteiger charge is 2.24. The minimum atomic E-state index is -1.17. The largest absolute Gasteiger partial charge is 0.478 e. The standard InChI is InChI=1S/C14H10Cl2O3/c15-9-6-7-11(12(16)8-9)13(14(17)18)19-10-4-2-1-3-5-10/h1-8,13H,(H,17,18). The molecule has 0 radical (unpaired) electrons. The molecule has 0 amide bonds. The van der Waals surface area contributed by atoms with Crippen LogP contribution in [0.1, 0.15) is 11.7 Å². The van der Waals surface area contributed by atoms with Gasteiger partial charge >= 0.3 is 5.97 Å². The van der Waals surface area contributed by atoms with Gasteiger partial charge in [-0.1, -0.05) is 47.5 Å². The van der Waals surface area contributed by atoms with Crippen LogP contribution in [-0.4, -0.2) is 11.1 Å². The van der Waals surface area contributed by atoms with E-state index in [1.807, 2.05) is 6.07 Å². The second kappa shape index (κ2) is 5.95. The van der Waals surface area contributed by atoms with E-state index in [9.17, 15) is 9.90 Å². The Kier molecular flexibility index (Phi) is 4.30. The third-order valence-electron chi connectivity index (χ3n) is 2.47. The summed E-state index contributed by atoms with van der Waals surface area (Å²) in [4.78, 5) is 11.3. The summed E-state index contributed by atoms with van der Waals surface area (Å²) >= 11 is 11.8. The van der Waals surface area contributed by atoms with Gasteiger partial charge in [-0.2, -0.15) is 0 Å². The molecule has 0 aromatic heterocycles. The molecule has 2 rings (SSSR count). The van der Waals surface area contributed by atoms with Crippen molar-refractivity contribution >= 4 is 29.2 Å². The van der Waals surface area contributed by atoms with E-state index in [1.54, 1.807) is 36.4 Å². The fraction of sp³-hybridized carbons (Fsp3) is 0.0714. The molecule has 0 saturated carbocycles. The lowest BCUT2D eigenvalue weighted by atomic mass is 10.1. The zero-order valence-electron chi connectivity index (χ0n) is 9.72. The summed E-state index contributed by atoms with van der Waals surface area (Å²) in [7, 11) is 0. The minimum absolute atomic E-state index is 0.260. The number of carboxylic acid groups (broad SMARTS) is 1. The molecule has 1 atom stereocenters. The zero-order valence-corrected chi connectivity index (χ0v) is 11.2. The molecule has 2 aromatic carbocycles. The van der Waals surface area contributed by atoms with E-state index in [-0.39, 0.29) is 5.02 Å². The van der Waals surface area contributed by atoms with Crippen molar-refractivity contribution in [3.05, 3.63) is 64.1 Å². The molecule has 1 unspecified atom stereocenters. The van der Waals surface area contributed by atoms with Crippen molar-refractivity contribution < 1.29 is 14.6 Å². The van der Waals surface area contributed by atoms with Gasteiger partial charge in [0.15, 0.2) is 0 Å². The molecular weight excluding hydrogens is 287 g/mol. The maximum atomic E-state index is 11.3. The topological polar surface area (TPSA) is 46.5 Å². The van der Waals surface area contributed by atoms with Gasteiger partial charge in [0.05, 0.1) is 0 Å². The van der Waals surface area contributed by atoms with Crippen molar-refractivity contribution in [2.75, 3.05) is 0 Å². The summed E-state index contributed by atoms with van der Waals surface area (Å²) in [6, 6.07) is 13.3. The highest BCUT2D eigenvalue weighted by atomic mass is 35.5. The lowest BCUT2D eigenvalue weighted by molar-refractivity contribution is -0.145. The second-order valence-corrected chi connectivity index (χ2v) is 4.66. The van der Waals surface area contributed by atoms with E-state index in [2.05, 4.69) is 0 Å². The van der Waals surface area contributed by atoms with Gasteiger partial charge in [-0.25, -0.2) is 4.79 Å². The van der Waals surface area contributed by atoms with E-state index >= 15 is 0 Å². The fourth-order valence-electron chi connectivity index (χ4n) is 1.60. The summed E-state index contributed by atoms with van der Waals surface area (Å²) in [5.41, 5.74) is 0.363. The molecule has 0 heterocycles. The van der Waals surface area contributed by atoms with Gasteiger partial charge in [-0.05, 0) is 24.3 Å². The Labute approximate surface area is 120 Å². The van der Waals surface area contributed by atoms with Gasteiger partial charge in [0.25, 0.3) is 0 Å². The van der Waals surface area contributed by atoms with E-state index in [0.29, 0.717) is 16.3 Å². The van der Waals surface area contributed by atoms with Crippen molar-refractivity contribution in [3.63, 3.8) is 0 Å². The van der Waals surface area contributed by atoms with Crippen LogP contribution in [0, 0.1) is 0 Å². The van der Waals surface area contributed by atoms with Gasteiger partial charge in [0.2, 0.25) is 6.10 Å². The van der Waals surface area contributed by atoms with Crippen LogP contribution in [-0.2, 0) is 4.79 Å². The van der Waals surface area contributed by atoms with Crippen molar-refractivity contribution in [2.24, 2.45) is 0 Å². The molecule has 3 nitrogen and oxygen atoms in total. The number of halogens is 2. The van der Waals surface area contributed by atoms with E-state index < -0.39 is 12.1 Å². The lowest BCUT2D eigenvalue weighted by Crippen LogP contribution is -2.18. The molecule has 5 heteroatoms. The van der Waals surface area contributed by atoms with E-state index in [0.717, 1.165) is 0 Å².